The molecule has 0 unspecified atom stereocenters. The van der Waals surface area contributed by atoms with E-state index < -0.39 is 0 Å². The number of hydrogen-bond acceptors (Lipinski definition) is 4. The molecule has 2 aromatic rings. The summed E-state index contributed by atoms with van der Waals surface area (Å²) in [7, 11) is 3.54. The van der Waals surface area contributed by atoms with Crippen molar-refractivity contribution in [3.8, 4) is 17.1 Å². The fourth-order valence-electron chi connectivity index (χ4n) is 1.95. The highest BCUT2D eigenvalue weighted by atomic mass is 16.5. The number of benzene rings is 1. The number of nitrogens with zero attached hydrogens (tertiary/aromatic N) is 2. The Bertz CT molecular complexity index is 559. The van der Waals surface area contributed by atoms with E-state index in [1.165, 1.54) is 0 Å². The van der Waals surface area contributed by atoms with Crippen LogP contribution >= 0.6 is 0 Å². The number of rotatable bonds is 4. The number of methoxy groups -OCH3 is 1. The Morgan fingerprint density at radius 2 is 2.00 bits per heavy atom. The number of aryl methyl sites for hydroxylation is 2. The van der Waals surface area contributed by atoms with Crippen molar-refractivity contribution in [2.24, 2.45) is 0 Å². The van der Waals surface area contributed by atoms with Gasteiger partial charge in [-0.3, -0.25) is 0 Å². The second kappa shape index (κ2) is 5.69. The van der Waals surface area contributed by atoms with E-state index in [2.05, 4.69) is 22.2 Å². The van der Waals surface area contributed by atoms with E-state index >= 15 is 0 Å². The minimum atomic E-state index is 0.745. The summed E-state index contributed by atoms with van der Waals surface area (Å²) in [6.07, 6.45) is 0.888. The van der Waals surface area contributed by atoms with Crippen LogP contribution in [0.1, 0.15) is 18.2 Å². The number of hydrogen-bond donors (Lipinski definition) is 1. The molecule has 1 heterocycles. The van der Waals surface area contributed by atoms with Crippen LogP contribution in [-0.2, 0) is 6.42 Å². The summed E-state index contributed by atoms with van der Waals surface area (Å²) in [5, 5.41) is 3.07. The molecule has 0 radical (unpaired) electrons. The average molecular weight is 257 g/mol. The Morgan fingerprint density at radius 1 is 1.21 bits per heavy atom. The van der Waals surface area contributed by atoms with Gasteiger partial charge >= 0.3 is 0 Å². The fraction of sp³-hybridized carbons (Fsp3) is 0.333. The molecule has 0 bridgehead atoms. The molecule has 0 aliphatic heterocycles. The molecule has 2 rings (SSSR count). The summed E-state index contributed by atoms with van der Waals surface area (Å²) >= 11 is 0. The molecule has 4 heteroatoms. The van der Waals surface area contributed by atoms with E-state index in [1.54, 1.807) is 7.11 Å². The van der Waals surface area contributed by atoms with Crippen LogP contribution in [0.15, 0.2) is 24.3 Å². The number of anilines is 1. The van der Waals surface area contributed by atoms with Crippen LogP contribution in [0.3, 0.4) is 0 Å². The number of aromatic nitrogens is 2. The first-order valence-electron chi connectivity index (χ1n) is 6.38. The summed E-state index contributed by atoms with van der Waals surface area (Å²) < 4.78 is 5.27. The van der Waals surface area contributed by atoms with Gasteiger partial charge in [0.25, 0.3) is 0 Å². The van der Waals surface area contributed by atoms with Gasteiger partial charge < -0.3 is 10.1 Å². The molecular weight excluding hydrogens is 238 g/mol. The summed E-state index contributed by atoms with van der Waals surface area (Å²) in [5.74, 6) is 2.47. The highest BCUT2D eigenvalue weighted by Crippen LogP contribution is 2.25. The molecule has 0 saturated carbocycles. The Morgan fingerprint density at radius 3 is 2.58 bits per heavy atom. The monoisotopic (exact) mass is 257 g/mol. The zero-order chi connectivity index (χ0) is 13.8. The zero-order valence-electron chi connectivity index (χ0n) is 11.8. The fourth-order valence-corrected chi connectivity index (χ4v) is 1.95. The third-order valence-corrected chi connectivity index (χ3v) is 3.05. The lowest BCUT2D eigenvalue weighted by Gasteiger charge is -2.09. The van der Waals surface area contributed by atoms with Crippen LogP contribution in [0.2, 0.25) is 0 Å². The van der Waals surface area contributed by atoms with E-state index in [0.29, 0.717) is 0 Å². The van der Waals surface area contributed by atoms with Gasteiger partial charge in [0.15, 0.2) is 5.82 Å². The predicted octanol–water partition coefficient (Wildman–Crippen LogP) is 3.06. The molecule has 0 atom stereocenters. The van der Waals surface area contributed by atoms with Gasteiger partial charge in [0.2, 0.25) is 0 Å². The van der Waals surface area contributed by atoms with E-state index in [4.69, 9.17) is 4.74 Å². The highest BCUT2D eigenvalue weighted by Gasteiger charge is 2.07. The van der Waals surface area contributed by atoms with Crippen LogP contribution < -0.4 is 10.1 Å². The molecule has 1 N–H and O–H groups in total. The van der Waals surface area contributed by atoms with Crippen molar-refractivity contribution in [1.29, 1.82) is 0 Å². The van der Waals surface area contributed by atoms with Gasteiger partial charge in [-0.15, -0.1) is 0 Å². The normalized spacial score (nSPS) is 10.3. The first-order valence-corrected chi connectivity index (χ1v) is 6.38. The minimum Gasteiger partial charge on any atom is -0.496 e. The molecule has 1 aromatic carbocycles. The molecule has 100 valence electrons. The van der Waals surface area contributed by atoms with Crippen molar-refractivity contribution in [2.75, 3.05) is 19.5 Å². The molecular formula is C15H19N3O. The highest BCUT2D eigenvalue weighted by molar-refractivity contribution is 5.60. The van der Waals surface area contributed by atoms with Crippen molar-refractivity contribution in [3.05, 3.63) is 35.5 Å². The summed E-state index contributed by atoms with van der Waals surface area (Å²) in [6, 6.07) is 7.96. The van der Waals surface area contributed by atoms with Crippen molar-refractivity contribution in [3.63, 3.8) is 0 Å². The first kappa shape index (κ1) is 13.3. The maximum Gasteiger partial charge on any atom is 0.161 e. The van der Waals surface area contributed by atoms with Gasteiger partial charge in [-0.05, 0) is 37.1 Å². The van der Waals surface area contributed by atoms with Gasteiger partial charge in [0, 0.05) is 24.4 Å². The lowest BCUT2D eigenvalue weighted by molar-refractivity contribution is 0.412. The third kappa shape index (κ3) is 2.84. The van der Waals surface area contributed by atoms with Gasteiger partial charge in [-0.1, -0.05) is 6.92 Å². The van der Waals surface area contributed by atoms with Crippen LogP contribution in [-0.4, -0.2) is 24.1 Å². The van der Waals surface area contributed by atoms with Crippen LogP contribution in [0.25, 0.3) is 11.4 Å². The standard InChI is InChI=1S/C15H19N3O/c1-5-12-9-14(16-3)18-15(17-12)11-6-7-13(19-4)10(2)8-11/h6-9H,5H2,1-4H3,(H,16,17,18). The summed E-state index contributed by atoms with van der Waals surface area (Å²) in [6.45, 7) is 4.11. The lowest BCUT2D eigenvalue weighted by Crippen LogP contribution is -2.00. The summed E-state index contributed by atoms with van der Waals surface area (Å²) in [5.41, 5.74) is 3.12. The van der Waals surface area contributed by atoms with E-state index in [1.807, 2.05) is 38.2 Å². The Hall–Kier alpha value is -2.10. The molecule has 1 aromatic heterocycles. The molecule has 0 saturated heterocycles. The molecule has 0 spiro atoms. The molecule has 19 heavy (non-hydrogen) atoms. The second-order valence-electron chi connectivity index (χ2n) is 4.36. The van der Waals surface area contributed by atoms with Crippen molar-refractivity contribution in [2.45, 2.75) is 20.3 Å². The van der Waals surface area contributed by atoms with Crippen LogP contribution in [0, 0.1) is 6.92 Å². The van der Waals surface area contributed by atoms with Gasteiger partial charge in [0.05, 0.1) is 7.11 Å². The van der Waals surface area contributed by atoms with E-state index in [-0.39, 0.29) is 0 Å². The minimum absolute atomic E-state index is 0.745. The van der Waals surface area contributed by atoms with Gasteiger partial charge in [0.1, 0.15) is 11.6 Å². The third-order valence-electron chi connectivity index (χ3n) is 3.05. The molecule has 0 aliphatic carbocycles. The van der Waals surface area contributed by atoms with Crippen molar-refractivity contribution < 1.29 is 4.74 Å². The Kier molecular flexibility index (Phi) is 4.00. The second-order valence-corrected chi connectivity index (χ2v) is 4.36. The van der Waals surface area contributed by atoms with E-state index in [0.717, 1.165) is 40.6 Å². The molecule has 0 fully saturated rings. The SMILES string of the molecule is CCc1cc(NC)nc(-c2ccc(OC)c(C)c2)n1. The van der Waals surface area contributed by atoms with Gasteiger partial charge in [-0.2, -0.15) is 0 Å². The number of ether oxygens (including phenoxy) is 1. The largest absolute Gasteiger partial charge is 0.496 e. The Labute approximate surface area is 113 Å². The summed E-state index contributed by atoms with van der Waals surface area (Å²) in [4.78, 5) is 9.08. The first-order chi connectivity index (χ1) is 9.17. The topological polar surface area (TPSA) is 47.0 Å². The smallest absolute Gasteiger partial charge is 0.161 e. The quantitative estimate of drug-likeness (QED) is 0.914. The van der Waals surface area contributed by atoms with Crippen molar-refractivity contribution in [1.82, 2.24) is 9.97 Å². The predicted molar refractivity (Wildman–Crippen MR) is 77.7 cm³/mol. The average Bonchev–Trinajstić information content (AvgIpc) is 2.46. The van der Waals surface area contributed by atoms with Crippen molar-refractivity contribution >= 4 is 5.82 Å². The lowest BCUT2D eigenvalue weighted by atomic mass is 10.1. The van der Waals surface area contributed by atoms with E-state index in [9.17, 15) is 0 Å². The maximum atomic E-state index is 5.27. The Balaban J connectivity index is 2.48. The molecule has 0 amide bonds. The van der Waals surface area contributed by atoms with Crippen LogP contribution in [0.4, 0.5) is 5.82 Å². The molecule has 0 aliphatic rings. The van der Waals surface area contributed by atoms with Gasteiger partial charge in [-0.25, -0.2) is 9.97 Å². The zero-order valence-corrected chi connectivity index (χ0v) is 11.8. The number of nitrogens with one attached hydrogen (secondary N) is 1. The maximum absolute atomic E-state index is 5.27. The molecule has 4 nitrogen and oxygen atoms in total. The van der Waals surface area contributed by atoms with Crippen LogP contribution in [0.5, 0.6) is 5.75 Å².